The Morgan fingerprint density at radius 2 is 1.79 bits per heavy atom. The molecule has 0 bridgehead atoms. The van der Waals surface area contributed by atoms with E-state index in [0.717, 1.165) is 11.3 Å². The molecule has 0 aliphatic heterocycles. The smallest absolute Gasteiger partial charge is 0.137 e. The molecule has 2 heterocycles. The molecule has 0 aliphatic carbocycles. The molecule has 0 saturated carbocycles. The first kappa shape index (κ1) is 13.8. The van der Waals surface area contributed by atoms with Crippen molar-refractivity contribution in [2.24, 2.45) is 0 Å². The van der Waals surface area contributed by atoms with Crippen molar-refractivity contribution in [1.29, 1.82) is 0 Å². The van der Waals surface area contributed by atoms with E-state index in [-0.39, 0.29) is 17.0 Å². The van der Waals surface area contributed by atoms with Gasteiger partial charge in [0.1, 0.15) is 5.65 Å². The van der Waals surface area contributed by atoms with Crippen LogP contribution in [0.3, 0.4) is 0 Å². The minimum atomic E-state index is 0. The van der Waals surface area contributed by atoms with Gasteiger partial charge in [-0.3, -0.25) is 0 Å². The van der Waals surface area contributed by atoms with E-state index in [9.17, 15) is 0 Å². The molecule has 0 amide bonds. The molecule has 2 aromatic heterocycles. The minimum absolute atomic E-state index is 0. The first-order chi connectivity index (χ1) is 8.65. The molecule has 19 heavy (non-hydrogen) atoms. The number of aryl methyl sites for hydroxylation is 3. The van der Waals surface area contributed by atoms with E-state index in [4.69, 9.17) is 4.98 Å². The van der Waals surface area contributed by atoms with Crippen LogP contribution in [0.15, 0.2) is 42.6 Å². The third-order valence-electron chi connectivity index (χ3n) is 3.36. The molecule has 3 heteroatoms. The number of rotatable bonds is 1. The van der Waals surface area contributed by atoms with Crippen molar-refractivity contribution < 1.29 is 0 Å². The van der Waals surface area contributed by atoms with Crippen LogP contribution in [0.5, 0.6) is 0 Å². The van der Waals surface area contributed by atoms with E-state index in [2.05, 4.69) is 55.6 Å². The highest BCUT2D eigenvalue weighted by molar-refractivity contribution is 8.93. The number of fused-ring (bicyclic) bond motifs is 1. The summed E-state index contributed by atoms with van der Waals surface area (Å²) in [5.41, 5.74) is 7.01. The van der Waals surface area contributed by atoms with Gasteiger partial charge in [0.2, 0.25) is 0 Å². The maximum Gasteiger partial charge on any atom is 0.137 e. The van der Waals surface area contributed by atoms with Crippen molar-refractivity contribution in [2.45, 2.75) is 20.8 Å². The van der Waals surface area contributed by atoms with Gasteiger partial charge >= 0.3 is 0 Å². The second-order valence-electron chi connectivity index (χ2n) is 4.84. The Morgan fingerprint density at radius 3 is 2.53 bits per heavy atom. The maximum atomic E-state index is 4.71. The van der Waals surface area contributed by atoms with E-state index in [0.29, 0.717) is 0 Å². The summed E-state index contributed by atoms with van der Waals surface area (Å²) in [4.78, 5) is 4.71. The van der Waals surface area contributed by atoms with E-state index < -0.39 is 0 Å². The van der Waals surface area contributed by atoms with Crippen LogP contribution in [0.1, 0.15) is 16.8 Å². The summed E-state index contributed by atoms with van der Waals surface area (Å²) in [7, 11) is 0. The zero-order valence-corrected chi connectivity index (χ0v) is 13.1. The molecule has 3 aromatic rings. The lowest BCUT2D eigenvalue weighted by Gasteiger charge is -2.03. The third kappa shape index (κ3) is 2.43. The van der Waals surface area contributed by atoms with Gasteiger partial charge in [0.25, 0.3) is 0 Å². The number of hydrogen-bond acceptors (Lipinski definition) is 1. The van der Waals surface area contributed by atoms with E-state index in [1.807, 2.05) is 12.1 Å². The van der Waals surface area contributed by atoms with Crippen molar-refractivity contribution >= 4 is 22.6 Å². The molecular formula is C16H17BrN2. The van der Waals surface area contributed by atoms with Crippen LogP contribution in [-0.4, -0.2) is 9.38 Å². The number of aromatic nitrogens is 2. The Kier molecular flexibility index (Phi) is 3.76. The number of halogens is 1. The molecule has 0 unspecified atom stereocenters. The van der Waals surface area contributed by atoms with Crippen molar-refractivity contribution in [3.05, 3.63) is 59.4 Å². The van der Waals surface area contributed by atoms with Crippen LogP contribution in [-0.2, 0) is 0 Å². The molecule has 1 aromatic carbocycles. The van der Waals surface area contributed by atoms with E-state index in [1.165, 1.54) is 22.4 Å². The molecule has 3 rings (SSSR count). The first-order valence-corrected chi connectivity index (χ1v) is 6.17. The quantitative estimate of drug-likeness (QED) is 0.646. The molecule has 0 atom stereocenters. The SMILES string of the molecule is Br.Cc1ccc(C)c(-c2cn3c(C)cccc3n2)c1. The van der Waals surface area contributed by atoms with Crippen molar-refractivity contribution in [2.75, 3.05) is 0 Å². The van der Waals surface area contributed by atoms with Gasteiger partial charge in [-0.15, -0.1) is 17.0 Å². The molecule has 0 aliphatic rings. The Labute approximate surface area is 123 Å². The van der Waals surface area contributed by atoms with Gasteiger partial charge in [0.05, 0.1) is 5.69 Å². The summed E-state index contributed by atoms with van der Waals surface area (Å²) >= 11 is 0. The molecule has 0 fully saturated rings. The largest absolute Gasteiger partial charge is 0.304 e. The van der Waals surface area contributed by atoms with Crippen molar-refractivity contribution in [1.82, 2.24) is 9.38 Å². The van der Waals surface area contributed by atoms with E-state index in [1.54, 1.807) is 0 Å². The summed E-state index contributed by atoms with van der Waals surface area (Å²) in [6.07, 6.45) is 2.12. The fourth-order valence-electron chi connectivity index (χ4n) is 2.29. The standard InChI is InChI=1S/C16H16N2.BrH/c1-11-7-8-12(2)14(9-11)15-10-18-13(3)5-4-6-16(18)17-15;/h4-10H,1-3H3;1H. The van der Waals surface area contributed by atoms with Crippen LogP contribution in [0.25, 0.3) is 16.9 Å². The Bertz CT molecular complexity index is 729. The van der Waals surface area contributed by atoms with Gasteiger partial charge in [0.15, 0.2) is 0 Å². The highest BCUT2D eigenvalue weighted by Crippen LogP contribution is 2.24. The molecule has 0 spiro atoms. The monoisotopic (exact) mass is 316 g/mol. The Balaban J connectivity index is 0.00000133. The van der Waals surface area contributed by atoms with Gasteiger partial charge in [-0.1, -0.05) is 23.8 Å². The normalized spacial score (nSPS) is 10.5. The summed E-state index contributed by atoms with van der Waals surface area (Å²) in [5.74, 6) is 0. The highest BCUT2D eigenvalue weighted by Gasteiger charge is 2.08. The Hall–Kier alpha value is -1.61. The molecule has 0 N–H and O–H groups in total. The maximum absolute atomic E-state index is 4.71. The minimum Gasteiger partial charge on any atom is -0.304 e. The topological polar surface area (TPSA) is 17.3 Å². The summed E-state index contributed by atoms with van der Waals surface area (Å²) in [6.45, 7) is 6.34. The van der Waals surface area contributed by atoms with Gasteiger partial charge in [0, 0.05) is 17.5 Å². The lowest BCUT2D eigenvalue weighted by atomic mass is 10.0. The average Bonchev–Trinajstić information content (AvgIpc) is 2.77. The zero-order chi connectivity index (χ0) is 12.7. The predicted octanol–water partition coefficient (Wildman–Crippen LogP) is 4.50. The molecule has 98 valence electrons. The van der Waals surface area contributed by atoms with Crippen LogP contribution in [0, 0.1) is 20.8 Å². The fourth-order valence-corrected chi connectivity index (χ4v) is 2.29. The third-order valence-corrected chi connectivity index (χ3v) is 3.36. The second kappa shape index (κ2) is 5.17. The van der Waals surface area contributed by atoms with Gasteiger partial charge in [-0.2, -0.15) is 0 Å². The molecule has 0 saturated heterocycles. The molecule has 0 radical (unpaired) electrons. The molecular weight excluding hydrogens is 300 g/mol. The van der Waals surface area contributed by atoms with E-state index >= 15 is 0 Å². The summed E-state index contributed by atoms with van der Waals surface area (Å²) < 4.78 is 2.14. The van der Waals surface area contributed by atoms with Gasteiger partial charge in [-0.25, -0.2) is 4.98 Å². The Morgan fingerprint density at radius 1 is 1.00 bits per heavy atom. The lowest BCUT2D eigenvalue weighted by molar-refractivity contribution is 1.09. The predicted molar refractivity (Wildman–Crippen MR) is 85.2 cm³/mol. The summed E-state index contributed by atoms with van der Waals surface area (Å²) in [6, 6.07) is 12.7. The van der Waals surface area contributed by atoms with Crippen molar-refractivity contribution in [3.8, 4) is 11.3 Å². The highest BCUT2D eigenvalue weighted by atomic mass is 79.9. The number of imidazole rings is 1. The van der Waals surface area contributed by atoms with Crippen molar-refractivity contribution in [3.63, 3.8) is 0 Å². The fraction of sp³-hybridized carbons (Fsp3) is 0.188. The summed E-state index contributed by atoms with van der Waals surface area (Å²) in [5, 5.41) is 0. The number of nitrogens with zero attached hydrogens (tertiary/aromatic N) is 2. The molecule has 2 nitrogen and oxygen atoms in total. The number of pyridine rings is 1. The zero-order valence-electron chi connectivity index (χ0n) is 11.3. The van der Waals surface area contributed by atoms with Gasteiger partial charge in [-0.05, 0) is 44.5 Å². The second-order valence-corrected chi connectivity index (χ2v) is 4.84. The number of benzene rings is 1. The van der Waals surface area contributed by atoms with Crippen LogP contribution in [0.2, 0.25) is 0 Å². The average molecular weight is 317 g/mol. The van der Waals surface area contributed by atoms with Crippen LogP contribution < -0.4 is 0 Å². The van der Waals surface area contributed by atoms with Crippen LogP contribution >= 0.6 is 17.0 Å². The van der Waals surface area contributed by atoms with Crippen LogP contribution in [0.4, 0.5) is 0 Å². The first-order valence-electron chi connectivity index (χ1n) is 6.17. The lowest BCUT2D eigenvalue weighted by Crippen LogP contribution is -1.86. The number of hydrogen-bond donors (Lipinski definition) is 0. The van der Waals surface area contributed by atoms with Gasteiger partial charge < -0.3 is 4.40 Å².